The number of rotatable bonds is 6. The van der Waals surface area contributed by atoms with E-state index >= 15 is 0 Å². The van der Waals surface area contributed by atoms with Gasteiger partial charge in [-0.25, -0.2) is 5.84 Å². The van der Waals surface area contributed by atoms with Crippen molar-refractivity contribution in [1.82, 2.24) is 5.01 Å². The van der Waals surface area contributed by atoms with Gasteiger partial charge in [0.1, 0.15) is 0 Å². The summed E-state index contributed by atoms with van der Waals surface area (Å²) in [7, 11) is 0. The quantitative estimate of drug-likeness (QED) is 0.493. The Morgan fingerprint density at radius 3 is 2.62 bits per heavy atom. The van der Waals surface area contributed by atoms with Crippen LogP contribution in [0.3, 0.4) is 0 Å². The van der Waals surface area contributed by atoms with E-state index < -0.39 is 0 Å². The molecule has 88 valence electrons. The molecule has 0 saturated heterocycles. The molecule has 4 nitrogen and oxygen atoms in total. The van der Waals surface area contributed by atoms with Gasteiger partial charge in [-0.1, -0.05) is 30.3 Å². The van der Waals surface area contributed by atoms with Gasteiger partial charge in [0.2, 0.25) is 0 Å². The summed E-state index contributed by atoms with van der Waals surface area (Å²) in [5.74, 6) is 5.79. The fraction of sp³-hybridized carbons (Fsp3) is 0.333. The first-order valence-electron chi connectivity index (χ1n) is 5.34. The first-order chi connectivity index (χ1) is 7.72. The van der Waals surface area contributed by atoms with Crippen molar-refractivity contribution >= 4 is 0 Å². The largest absolute Gasteiger partial charge is 0.401 e. The molecule has 0 aliphatic carbocycles. The summed E-state index contributed by atoms with van der Waals surface area (Å²) in [6.07, 6.45) is 3.04. The Morgan fingerprint density at radius 1 is 1.31 bits per heavy atom. The first-order valence-corrected chi connectivity index (χ1v) is 5.34. The monoisotopic (exact) mass is 221 g/mol. The number of allylic oxidation sites excluding steroid dienone is 1. The molecule has 0 radical (unpaired) electrons. The number of benzene rings is 1. The molecule has 0 aliphatic heterocycles. The number of hydrazine groups is 1. The molecule has 0 bridgehead atoms. The zero-order valence-corrected chi connectivity index (χ0v) is 9.34. The molecule has 1 rings (SSSR count). The average molecular weight is 221 g/mol. The summed E-state index contributed by atoms with van der Waals surface area (Å²) >= 11 is 0. The van der Waals surface area contributed by atoms with Crippen LogP contribution in [0.4, 0.5) is 0 Å². The molecule has 16 heavy (non-hydrogen) atoms. The Kier molecular flexibility index (Phi) is 5.39. The zero-order chi connectivity index (χ0) is 11.8. The second kappa shape index (κ2) is 6.87. The van der Waals surface area contributed by atoms with E-state index in [1.165, 1.54) is 0 Å². The lowest BCUT2D eigenvalue weighted by atomic mass is 10.2. The molecule has 5 N–H and O–H groups in total. The topological polar surface area (TPSA) is 75.5 Å². The highest BCUT2D eigenvalue weighted by molar-refractivity contribution is 5.14. The molecule has 0 atom stereocenters. The molecular weight excluding hydrogens is 202 g/mol. The molecule has 0 spiro atoms. The normalized spacial score (nSPS) is 11.5. The summed E-state index contributed by atoms with van der Waals surface area (Å²) in [6, 6.07) is 9.94. The van der Waals surface area contributed by atoms with Crippen LogP contribution in [0.15, 0.2) is 42.2 Å². The summed E-state index contributed by atoms with van der Waals surface area (Å²) < 4.78 is 0. The summed E-state index contributed by atoms with van der Waals surface area (Å²) in [5.41, 5.74) is 7.57. The third-order valence-electron chi connectivity index (χ3n) is 2.16. The molecule has 1 aromatic carbocycles. The van der Waals surface area contributed by atoms with Crippen LogP contribution in [0.1, 0.15) is 18.4 Å². The Hall–Kier alpha value is -1.52. The molecule has 4 heteroatoms. The minimum atomic E-state index is 0.151. The third-order valence-corrected chi connectivity index (χ3v) is 2.16. The predicted octanol–water partition coefficient (Wildman–Crippen LogP) is 0.935. The lowest BCUT2D eigenvalue weighted by molar-refractivity contribution is 0.287. The minimum absolute atomic E-state index is 0.151. The highest BCUT2D eigenvalue weighted by Crippen LogP contribution is 2.03. The van der Waals surface area contributed by atoms with Gasteiger partial charge in [-0.2, -0.15) is 0 Å². The maximum absolute atomic E-state index is 8.66. The van der Waals surface area contributed by atoms with Crippen LogP contribution in [0.5, 0.6) is 0 Å². The number of aliphatic hydroxyl groups excluding tert-OH is 1. The van der Waals surface area contributed by atoms with E-state index in [4.69, 9.17) is 16.7 Å². The van der Waals surface area contributed by atoms with Crippen molar-refractivity contribution in [1.29, 1.82) is 0 Å². The smallest absolute Gasteiger partial charge is 0.0586 e. The SMILES string of the molecule is N/C(=C\N(N)Cc1ccccc1)CCCO. The van der Waals surface area contributed by atoms with E-state index in [0.717, 1.165) is 5.56 Å². The van der Waals surface area contributed by atoms with Crippen LogP contribution in [0, 0.1) is 0 Å². The van der Waals surface area contributed by atoms with Gasteiger partial charge in [0.15, 0.2) is 0 Å². The van der Waals surface area contributed by atoms with E-state index in [9.17, 15) is 0 Å². The molecule has 0 fully saturated rings. The van der Waals surface area contributed by atoms with Gasteiger partial charge >= 0.3 is 0 Å². The molecule has 0 amide bonds. The molecule has 0 aliphatic rings. The number of hydrogen-bond donors (Lipinski definition) is 3. The zero-order valence-electron chi connectivity index (χ0n) is 9.34. The highest BCUT2D eigenvalue weighted by atomic mass is 16.2. The van der Waals surface area contributed by atoms with Crippen LogP contribution in [0.25, 0.3) is 0 Å². The second-order valence-electron chi connectivity index (χ2n) is 3.69. The van der Waals surface area contributed by atoms with Gasteiger partial charge in [0, 0.05) is 18.5 Å². The fourth-order valence-electron chi connectivity index (χ4n) is 1.40. The van der Waals surface area contributed by atoms with Gasteiger partial charge in [-0.15, -0.1) is 0 Å². The van der Waals surface area contributed by atoms with Crippen molar-refractivity contribution in [2.75, 3.05) is 6.61 Å². The van der Waals surface area contributed by atoms with Crippen LogP contribution in [-0.2, 0) is 6.54 Å². The van der Waals surface area contributed by atoms with Crippen LogP contribution >= 0.6 is 0 Å². The average Bonchev–Trinajstić information content (AvgIpc) is 2.27. The molecule has 0 saturated carbocycles. The molecule has 0 heterocycles. The van der Waals surface area contributed by atoms with Gasteiger partial charge in [-0.05, 0) is 18.4 Å². The fourth-order valence-corrected chi connectivity index (χ4v) is 1.40. The second-order valence-corrected chi connectivity index (χ2v) is 3.69. The van der Waals surface area contributed by atoms with Gasteiger partial charge in [0.25, 0.3) is 0 Å². The molecule has 0 aromatic heterocycles. The van der Waals surface area contributed by atoms with Crippen molar-refractivity contribution in [2.24, 2.45) is 11.6 Å². The minimum Gasteiger partial charge on any atom is -0.401 e. The Labute approximate surface area is 96.1 Å². The van der Waals surface area contributed by atoms with Crippen molar-refractivity contribution in [3.05, 3.63) is 47.8 Å². The first kappa shape index (κ1) is 12.5. The highest BCUT2D eigenvalue weighted by Gasteiger charge is 1.97. The lowest BCUT2D eigenvalue weighted by Crippen LogP contribution is -2.25. The van der Waals surface area contributed by atoms with E-state index in [1.807, 2.05) is 30.3 Å². The van der Waals surface area contributed by atoms with Gasteiger partial charge < -0.3 is 15.8 Å². The number of nitrogens with two attached hydrogens (primary N) is 2. The van der Waals surface area contributed by atoms with Crippen molar-refractivity contribution in [3.63, 3.8) is 0 Å². The van der Waals surface area contributed by atoms with Gasteiger partial charge in [0.05, 0.1) is 6.54 Å². The van der Waals surface area contributed by atoms with Gasteiger partial charge in [-0.3, -0.25) is 0 Å². The van der Waals surface area contributed by atoms with Crippen LogP contribution in [-0.4, -0.2) is 16.7 Å². The van der Waals surface area contributed by atoms with E-state index in [-0.39, 0.29) is 6.61 Å². The standard InChI is InChI=1S/C12H19N3O/c13-12(7-4-8-16)10-15(14)9-11-5-2-1-3-6-11/h1-3,5-6,10,16H,4,7-9,13-14H2/b12-10-. The molecular formula is C12H19N3O. The van der Waals surface area contributed by atoms with E-state index in [0.29, 0.717) is 25.1 Å². The van der Waals surface area contributed by atoms with Crippen LogP contribution < -0.4 is 11.6 Å². The summed E-state index contributed by atoms with van der Waals surface area (Å²) in [4.78, 5) is 0. The lowest BCUT2D eigenvalue weighted by Gasteiger charge is -2.15. The molecule has 0 unspecified atom stereocenters. The maximum atomic E-state index is 8.66. The number of aliphatic hydroxyl groups is 1. The maximum Gasteiger partial charge on any atom is 0.0586 e. The Bertz CT molecular complexity index is 324. The molecule has 1 aromatic rings. The van der Waals surface area contributed by atoms with Crippen molar-refractivity contribution < 1.29 is 5.11 Å². The summed E-state index contributed by atoms with van der Waals surface area (Å²) in [6.45, 7) is 0.776. The Balaban J connectivity index is 2.43. The Morgan fingerprint density at radius 2 is 2.00 bits per heavy atom. The van der Waals surface area contributed by atoms with Crippen molar-refractivity contribution in [3.8, 4) is 0 Å². The van der Waals surface area contributed by atoms with Crippen molar-refractivity contribution in [2.45, 2.75) is 19.4 Å². The van der Waals surface area contributed by atoms with E-state index in [1.54, 1.807) is 11.2 Å². The summed E-state index contributed by atoms with van der Waals surface area (Å²) in [5, 5.41) is 10.2. The third kappa shape index (κ3) is 4.82. The number of nitrogens with zero attached hydrogens (tertiary/aromatic N) is 1. The van der Waals surface area contributed by atoms with E-state index in [2.05, 4.69) is 0 Å². The number of hydrogen-bond acceptors (Lipinski definition) is 4. The predicted molar refractivity (Wildman–Crippen MR) is 64.8 cm³/mol. The van der Waals surface area contributed by atoms with Crippen LogP contribution in [0.2, 0.25) is 0 Å².